The molecule has 1 aromatic carbocycles. The molecule has 0 saturated heterocycles. The molecule has 1 heterocycles. The van der Waals surface area contributed by atoms with Gasteiger partial charge in [-0.1, -0.05) is 12.1 Å². The molecule has 0 aliphatic heterocycles. The van der Waals surface area contributed by atoms with Crippen LogP contribution in [0.5, 0.6) is 11.5 Å². The lowest BCUT2D eigenvalue weighted by Gasteiger charge is -2.18. The topological polar surface area (TPSA) is 175 Å². The molecule has 0 saturated carbocycles. The summed E-state index contributed by atoms with van der Waals surface area (Å²) in [4.78, 5) is 49.0. The highest BCUT2D eigenvalue weighted by atomic mass is 16.5. The van der Waals surface area contributed by atoms with Crippen LogP contribution in [0.3, 0.4) is 0 Å². The number of aromatic amines is 1. The minimum absolute atomic E-state index is 0.228. The Labute approximate surface area is 159 Å². The average molecular weight is 389 g/mol. The van der Waals surface area contributed by atoms with Crippen LogP contribution in [0.4, 0.5) is 0 Å². The molecular weight excluding hydrogens is 370 g/mol. The molecule has 2 aromatic rings. The van der Waals surface area contributed by atoms with Gasteiger partial charge in [-0.15, -0.1) is 0 Å². The number of hydrogen-bond acceptors (Lipinski definition) is 7. The van der Waals surface area contributed by atoms with Gasteiger partial charge in [0.15, 0.2) is 6.61 Å². The van der Waals surface area contributed by atoms with Crippen LogP contribution >= 0.6 is 0 Å². The van der Waals surface area contributed by atoms with Crippen LogP contribution in [0.2, 0.25) is 0 Å². The van der Waals surface area contributed by atoms with E-state index in [2.05, 4.69) is 9.72 Å². The second kappa shape index (κ2) is 8.71. The predicted octanol–water partition coefficient (Wildman–Crippen LogP) is -0.261. The molecule has 1 aromatic heterocycles. The SMILES string of the molecule is COC(=O)c1c[nH]c(=O)c([C@@H](CC(N)=O)c2cccc(OCC(N)=O)c2)c1O. The summed E-state index contributed by atoms with van der Waals surface area (Å²) in [6.45, 7) is -0.367. The number of aromatic hydroxyl groups is 1. The number of hydrogen-bond donors (Lipinski definition) is 4. The van der Waals surface area contributed by atoms with Crippen molar-refractivity contribution < 1.29 is 29.0 Å². The van der Waals surface area contributed by atoms with Gasteiger partial charge >= 0.3 is 5.97 Å². The van der Waals surface area contributed by atoms with Gasteiger partial charge in [-0.2, -0.15) is 0 Å². The summed E-state index contributed by atoms with van der Waals surface area (Å²) in [6, 6.07) is 6.16. The Balaban J connectivity index is 2.58. The maximum Gasteiger partial charge on any atom is 0.343 e. The van der Waals surface area contributed by atoms with Crippen LogP contribution in [-0.2, 0) is 14.3 Å². The minimum atomic E-state index is -0.983. The van der Waals surface area contributed by atoms with E-state index in [1.807, 2.05) is 0 Å². The van der Waals surface area contributed by atoms with E-state index in [-0.39, 0.29) is 29.9 Å². The molecule has 1 atom stereocenters. The number of nitrogens with two attached hydrogens (primary N) is 2. The van der Waals surface area contributed by atoms with Gasteiger partial charge in [0.1, 0.15) is 17.1 Å². The van der Waals surface area contributed by atoms with Crippen molar-refractivity contribution in [3.63, 3.8) is 0 Å². The molecule has 0 radical (unpaired) electrons. The van der Waals surface area contributed by atoms with E-state index in [1.54, 1.807) is 18.2 Å². The van der Waals surface area contributed by atoms with Crippen LogP contribution in [0.1, 0.15) is 33.8 Å². The Morgan fingerprint density at radius 3 is 2.54 bits per heavy atom. The number of H-pyrrole nitrogens is 1. The highest BCUT2D eigenvalue weighted by Gasteiger charge is 2.27. The number of carbonyl (C=O) groups is 3. The maximum atomic E-state index is 12.4. The molecule has 10 nitrogen and oxygen atoms in total. The van der Waals surface area contributed by atoms with Crippen LogP contribution in [0.25, 0.3) is 0 Å². The molecule has 28 heavy (non-hydrogen) atoms. The maximum absolute atomic E-state index is 12.4. The number of benzene rings is 1. The van der Waals surface area contributed by atoms with Gasteiger partial charge in [-0.25, -0.2) is 4.79 Å². The summed E-state index contributed by atoms with van der Waals surface area (Å²) >= 11 is 0. The first-order chi connectivity index (χ1) is 13.2. The molecule has 6 N–H and O–H groups in total. The van der Waals surface area contributed by atoms with Gasteiger partial charge in [-0.3, -0.25) is 14.4 Å². The lowest BCUT2D eigenvalue weighted by Crippen LogP contribution is -2.24. The number of amides is 2. The number of esters is 1. The normalized spacial score (nSPS) is 11.5. The fourth-order valence-electron chi connectivity index (χ4n) is 2.69. The van der Waals surface area contributed by atoms with E-state index >= 15 is 0 Å². The van der Waals surface area contributed by atoms with Crippen molar-refractivity contribution in [2.45, 2.75) is 12.3 Å². The number of rotatable bonds is 8. The predicted molar refractivity (Wildman–Crippen MR) is 96.9 cm³/mol. The van der Waals surface area contributed by atoms with Gasteiger partial charge in [0.25, 0.3) is 11.5 Å². The summed E-state index contributed by atoms with van der Waals surface area (Å²) in [5, 5.41) is 10.5. The Morgan fingerprint density at radius 1 is 1.21 bits per heavy atom. The Hall–Kier alpha value is -3.82. The Bertz CT molecular complexity index is 968. The zero-order chi connectivity index (χ0) is 20.8. The van der Waals surface area contributed by atoms with Gasteiger partial charge < -0.3 is 31.0 Å². The van der Waals surface area contributed by atoms with Crippen molar-refractivity contribution in [1.29, 1.82) is 0 Å². The lowest BCUT2D eigenvalue weighted by atomic mass is 9.87. The zero-order valence-corrected chi connectivity index (χ0v) is 14.9. The quantitative estimate of drug-likeness (QED) is 0.450. The fraction of sp³-hybridized carbons (Fsp3) is 0.222. The fourth-order valence-corrected chi connectivity index (χ4v) is 2.69. The van der Waals surface area contributed by atoms with E-state index < -0.39 is 35.0 Å². The molecular formula is C18H19N3O7. The van der Waals surface area contributed by atoms with Crippen LogP contribution in [-0.4, -0.2) is 41.6 Å². The largest absolute Gasteiger partial charge is 0.506 e. The summed E-state index contributed by atoms with van der Waals surface area (Å²) in [6.07, 6.45) is 0.682. The van der Waals surface area contributed by atoms with E-state index in [1.165, 1.54) is 6.07 Å². The number of methoxy groups -OCH3 is 1. The summed E-state index contributed by atoms with van der Waals surface area (Å²) < 4.78 is 9.80. The lowest BCUT2D eigenvalue weighted by molar-refractivity contribution is -0.120. The monoisotopic (exact) mass is 389 g/mol. The minimum Gasteiger partial charge on any atom is -0.506 e. The smallest absolute Gasteiger partial charge is 0.343 e. The number of carbonyl (C=O) groups excluding carboxylic acids is 3. The molecule has 0 fully saturated rings. The molecule has 2 amide bonds. The van der Waals surface area contributed by atoms with Crippen LogP contribution in [0.15, 0.2) is 35.3 Å². The third-order valence-electron chi connectivity index (χ3n) is 3.90. The molecule has 0 aliphatic carbocycles. The first-order valence-electron chi connectivity index (χ1n) is 8.06. The van der Waals surface area contributed by atoms with Gasteiger partial charge in [0.05, 0.1) is 12.7 Å². The summed E-state index contributed by atoms with van der Waals surface area (Å²) in [7, 11) is 1.12. The van der Waals surface area contributed by atoms with Crippen molar-refractivity contribution in [2.75, 3.05) is 13.7 Å². The molecule has 0 bridgehead atoms. The third kappa shape index (κ3) is 4.67. The first-order valence-corrected chi connectivity index (χ1v) is 8.06. The standard InChI is InChI=1S/C18H19N3O7/c1-27-18(26)12-7-21-17(25)15(16(12)24)11(6-13(19)22)9-3-2-4-10(5-9)28-8-14(20)23/h2-5,7,11H,6,8H2,1H3,(H2,19,22)(H2,20,23)(H2,21,24,25)/t11-/m0/s1. The van der Waals surface area contributed by atoms with E-state index in [4.69, 9.17) is 16.2 Å². The Morgan fingerprint density at radius 2 is 1.93 bits per heavy atom. The van der Waals surface area contributed by atoms with E-state index in [9.17, 15) is 24.3 Å². The Kier molecular flexibility index (Phi) is 6.38. The number of aromatic nitrogens is 1. The second-order valence-electron chi connectivity index (χ2n) is 5.84. The van der Waals surface area contributed by atoms with Crippen molar-refractivity contribution in [1.82, 2.24) is 4.98 Å². The van der Waals surface area contributed by atoms with Crippen LogP contribution in [0, 0.1) is 0 Å². The van der Waals surface area contributed by atoms with Gasteiger partial charge in [0, 0.05) is 18.5 Å². The molecule has 0 unspecified atom stereocenters. The average Bonchev–Trinajstić information content (AvgIpc) is 2.65. The van der Waals surface area contributed by atoms with Crippen LogP contribution < -0.4 is 21.8 Å². The first kappa shape index (κ1) is 20.5. The number of nitrogens with one attached hydrogen (secondary N) is 1. The van der Waals surface area contributed by atoms with Crippen molar-refractivity contribution in [3.8, 4) is 11.5 Å². The summed E-state index contributed by atoms with van der Waals surface area (Å²) in [5.74, 6) is -3.64. The van der Waals surface area contributed by atoms with Crippen molar-refractivity contribution in [3.05, 3.63) is 57.5 Å². The van der Waals surface area contributed by atoms with Crippen molar-refractivity contribution >= 4 is 17.8 Å². The highest BCUT2D eigenvalue weighted by Crippen LogP contribution is 2.34. The molecule has 148 valence electrons. The zero-order valence-electron chi connectivity index (χ0n) is 14.9. The second-order valence-corrected chi connectivity index (χ2v) is 5.84. The molecule has 0 spiro atoms. The van der Waals surface area contributed by atoms with Gasteiger partial charge in [-0.05, 0) is 17.7 Å². The summed E-state index contributed by atoms with van der Waals surface area (Å²) in [5.41, 5.74) is 9.54. The molecule has 10 heteroatoms. The number of pyridine rings is 1. The number of primary amides is 2. The number of ether oxygens (including phenoxy) is 2. The molecule has 2 rings (SSSR count). The van der Waals surface area contributed by atoms with Crippen molar-refractivity contribution in [2.24, 2.45) is 11.5 Å². The van der Waals surface area contributed by atoms with E-state index in [0.29, 0.717) is 5.56 Å². The van der Waals surface area contributed by atoms with E-state index in [0.717, 1.165) is 13.3 Å². The molecule has 0 aliphatic rings. The highest BCUT2D eigenvalue weighted by molar-refractivity contribution is 5.92. The van der Waals surface area contributed by atoms with Gasteiger partial charge in [0.2, 0.25) is 5.91 Å². The third-order valence-corrected chi connectivity index (χ3v) is 3.90.